The van der Waals surface area contributed by atoms with Gasteiger partial charge in [0.25, 0.3) is 5.91 Å². The van der Waals surface area contributed by atoms with E-state index in [1.807, 2.05) is 59.5 Å². The first-order valence-electron chi connectivity index (χ1n) is 11.9. The number of imide groups is 1. The number of urea groups is 1. The molecule has 0 bridgehead atoms. The lowest BCUT2D eigenvalue weighted by Crippen LogP contribution is -2.67. The summed E-state index contributed by atoms with van der Waals surface area (Å²) >= 11 is 0. The minimum absolute atomic E-state index is 0.229. The summed E-state index contributed by atoms with van der Waals surface area (Å²) in [6.45, 7) is 4.39. The number of Topliss-reactive ketones (excluding diaryl/α,β-unsaturated/α-hetero) is 1. The van der Waals surface area contributed by atoms with Crippen LogP contribution in [-0.2, 0) is 9.59 Å². The molecule has 3 atom stereocenters. The van der Waals surface area contributed by atoms with Gasteiger partial charge in [0.15, 0.2) is 18.0 Å². The molecule has 9 nitrogen and oxygen atoms in total. The Morgan fingerprint density at radius 2 is 1.66 bits per heavy atom. The summed E-state index contributed by atoms with van der Waals surface area (Å²) in [7, 11) is 1.64. The van der Waals surface area contributed by atoms with E-state index in [4.69, 9.17) is 9.73 Å². The average molecular weight is 476 g/mol. The second kappa shape index (κ2) is 9.05. The van der Waals surface area contributed by atoms with Crippen LogP contribution >= 0.6 is 0 Å². The van der Waals surface area contributed by atoms with E-state index in [1.54, 1.807) is 14.0 Å². The lowest BCUT2D eigenvalue weighted by atomic mass is 10.1. The van der Waals surface area contributed by atoms with Crippen LogP contribution in [0, 0.1) is 0 Å². The van der Waals surface area contributed by atoms with E-state index in [0.717, 1.165) is 41.5 Å². The molecule has 182 valence electrons. The van der Waals surface area contributed by atoms with Crippen LogP contribution in [0.2, 0.25) is 0 Å². The number of hydrogen-bond donors (Lipinski definition) is 0. The van der Waals surface area contributed by atoms with Crippen molar-refractivity contribution in [2.45, 2.75) is 44.9 Å². The van der Waals surface area contributed by atoms with Gasteiger partial charge in [0.2, 0.25) is 5.96 Å². The van der Waals surface area contributed by atoms with E-state index in [9.17, 15) is 14.4 Å². The van der Waals surface area contributed by atoms with Gasteiger partial charge >= 0.3 is 6.03 Å². The third kappa shape index (κ3) is 4.00. The summed E-state index contributed by atoms with van der Waals surface area (Å²) in [6, 6.07) is 15.4. The van der Waals surface area contributed by atoms with Gasteiger partial charge < -0.3 is 19.4 Å². The second-order valence-corrected chi connectivity index (χ2v) is 9.14. The van der Waals surface area contributed by atoms with Crippen LogP contribution in [0.15, 0.2) is 59.6 Å². The molecule has 9 heteroatoms. The molecular weight excluding hydrogens is 446 g/mol. The van der Waals surface area contributed by atoms with Gasteiger partial charge in [0, 0.05) is 25.8 Å². The van der Waals surface area contributed by atoms with Crippen LogP contribution in [0.5, 0.6) is 11.5 Å². The zero-order valence-electron chi connectivity index (χ0n) is 20.1. The Balaban J connectivity index is 1.43. The molecule has 3 aliphatic heterocycles. The maximum atomic E-state index is 13.5. The lowest BCUT2D eigenvalue weighted by molar-refractivity contribution is -0.143. The van der Waals surface area contributed by atoms with Gasteiger partial charge in [-0.15, -0.1) is 0 Å². The van der Waals surface area contributed by atoms with Crippen LogP contribution in [0.3, 0.4) is 0 Å². The van der Waals surface area contributed by atoms with Crippen LogP contribution in [0.25, 0.3) is 0 Å². The summed E-state index contributed by atoms with van der Waals surface area (Å²) in [5.74, 6) is 1.57. The Kier molecular flexibility index (Phi) is 5.92. The number of ether oxygens (including phenoxy) is 1. The highest BCUT2D eigenvalue weighted by Crippen LogP contribution is 2.34. The Bertz CT molecular complexity index is 1170. The molecule has 35 heavy (non-hydrogen) atoms. The van der Waals surface area contributed by atoms with Crippen molar-refractivity contribution in [2.24, 2.45) is 4.99 Å². The van der Waals surface area contributed by atoms with Crippen molar-refractivity contribution in [1.29, 1.82) is 0 Å². The number of nitrogens with zero attached hydrogens (tertiary/aromatic N) is 5. The number of aliphatic imine (C=N–C) groups is 1. The van der Waals surface area contributed by atoms with E-state index >= 15 is 0 Å². The third-order valence-electron chi connectivity index (χ3n) is 6.89. The molecule has 0 radical (unpaired) electrons. The number of guanidine groups is 1. The summed E-state index contributed by atoms with van der Waals surface area (Å²) in [4.78, 5) is 50.1. The standard InChI is InChI=1S/C26H29N5O4/c1-17(18(2)32)31-24(33)22-23(28(3)26(31)34)27-25-29(15-7-8-16-30(22)25)19-11-13-21(14-12-19)35-20-9-5-4-6-10-20/h4-6,9-14,17,22-23H,7-8,15-16H2,1-3H3. The van der Waals surface area contributed by atoms with Crippen molar-refractivity contribution in [3.05, 3.63) is 54.6 Å². The summed E-state index contributed by atoms with van der Waals surface area (Å²) in [6.07, 6.45) is 1.20. The highest BCUT2D eigenvalue weighted by molar-refractivity contribution is 6.09. The fraction of sp³-hybridized carbons (Fsp3) is 0.385. The molecule has 3 aliphatic rings. The molecule has 0 aromatic heterocycles. The molecule has 0 aliphatic carbocycles. The smallest absolute Gasteiger partial charge is 0.328 e. The quantitative estimate of drug-likeness (QED) is 0.660. The monoisotopic (exact) mass is 475 g/mol. The number of ketones is 1. The molecule has 0 spiro atoms. The molecular formula is C26H29N5O4. The molecule has 5 rings (SSSR count). The Hall–Kier alpha value is -3.88. The topological polar surface area (TPSA) is 85.8 Å². The molecule has 2 aromatic rings. The number of benzene rings is 2. The number of fused-ring (bicyclic) bond motifs is 3. The normalized spacial score (nSPS) is 22.9. The first kappa shape index (κ1) is 22.9. The predicted octanol–water partition coefficient (Wildman–Crippen LogP) is 3.32. The first-order valence-corrected chi connectivity index (χ1v) is 11.9. The molecule has 2 aromatic carbocycles. The Morgan fingerprint density at radius 1 is 1.00 bits per heavy atom. The number of amides is 3. The second-order valence-electron chi connectivity index (χ2n) is 9.14. The number of anilines is 1. The van der Waals surface area contributed by atoms with Gasteiger partial charge in [0.05, 0.1) is 6.04 Å². The van der Waals surface area contributed by atoms with Gasteiger partial charge in [-0.25, -0.2) is 9.79 Å². The van der Waals surface area contributed by atoms with E-state index in [0.29, 0.717) is 12.5 Å². The minimum atomic E-state index is -0.817. The number of carbonyl (C=O) groups excluding carboxylic acids is 3. The van der Waals surface area contributed by atoms with Gasteiger partial charge in [-0.1, -0.05) is 18.2 Å². The number of rotatable bonds is 5. The minimum Gasteiger partial charge on any atom is -0.457 e. The van der Waals surface area contributed by atoms with Crippen molar-refractivity contribution in [3.8, 4) is 11.5 Å². The zero-order chi connectivity index (χ0) is 24.7. The van der Waals surface area contributed by atoms with Gasteiger partial charge in [-0.2, -0.15) is 0 Å². The maximum Gasteiger partial charge on any atom is 0.328 e. The van der Waals surface area contributed by atoms with E-state index < -0.39 is 24.3 Å². The fourth-order valence-electron chi connectivity index (χ4n) is 4.85. The molecule has 2 saturated heterocycles. The summed E-state index contributed by atoms with van der Waals surface area (Å²) in [5.41, 5.74) is 0.935. The molecule has 2 fully saturated rings. The third-order valence-corrected chi connectivity index (χ3v) is 6.89. The van der Waals surface area contributed by atoms with Crippen LogP contribution in [0.1, 0.15) is 26.7 Å². The van der Waals surface area contributed by atoms with Crippen molar-refractivity contribution < 1.29 is 19.1 Å². The van der Waals surface area contributed by atoms with Crippen molar-refractivity contribution in [3.63, 3.8) is 0 Å². The largest absolute Gasteiger partial charge is 0.457 e. The molecule has 0 N–H and O–H groups in total. The first-order chi connectivity index (χ1) is 16.9. The highest BCUT2D eigenvalue weighted by atomic mass is 16.5. The zero-order valence-corrected chi connectivity index (χ0v) is 20.1. The maximum absolute atomic E-state index is 13.5. The number of hydrogen-bond acceptors (Lipinski definition) is 7. The molecule has 3 unspecified atom stereocenters. The Morgan fingerprint density at radius 3 is 2.34 bits per heavy atom. The molecule has 3 amide bonds. The number of likely N-dealkylation sites (N-methyl/N-ethyl adjacent to an activating group) is 1. The lowest BCUT2D eigenvalue weighted by Gasteiger charge is -2.43. The van der Waals surface area contributed by atoms with Gasteiger partial charge in [0.1, 0.15) is 11.5 Å². The molecule has 0 saturated carbocycles. The Labute approximate surface area is 204 Å². The predicted molar refractivity (Wildman–Crippen MR) is 131 cm³/mol. The van der Waals surface area contributed by atoms with E-state index in [1.165, 1.54) is 11.8 Å². The van der Waals surface area contributed by atoms with Crippen molar-refractivity contribution in [1.82, 2.24) is 14.7 Å². The van der Waals surface area contributed by atoms with Crippen molar-refractivity contribution in [2.75, 3.05) is 25.0 Å². The van der Waals surface area contributed by atoms with Crippen LogP contribution in [0.4, 0.5) is 10.5 Å². The highest BCUT2D eigenvalue weighted by Gasteiger charge is 2.54. The molecule has 3 heterocycles. The van der Waals surface area contributed by atoms with Crippen LogP contribution < -0.4 is 9.64 Å². The summed E-state index contributed by atoms with van der Waals surface area (Å²) < 4.78 is 5.92. The number of carbonyl (C=O) groups is 3. The average Bonchev–Trinajstić information content (AvgIpc) is 3.11. The fourth-order valence-corrected chi connectivity index (χ4v) is 4.85. The van der Waals surface area contributed by atoms with Crippen LogP contribution in [-0.4, -0.2) is 76.8 Å². The van der Waals surface area contributed by atoms with Gasteiger partial charge in [-0.05, 0) is 63.1 Å². The number of para-hydroxylation sites is 1. The summed E-state index contributed by atoms with van der Waals surface area (Å²) in [5, 5.41) is 0. The van der Waals surface area contributed by atoms with Crippen molar-refractivity contribution >= 4 is 29.4 Å². The van der Waals surface area contributed by atoms with Gasteiger partial charge in [-0.3, -0.25) is 14.5 Å². The van der Waals surface area contributed by atoms with E-state index in [-0.39, 0.29) is 11.7 Å². The van der Waals surface area contributed by atoms with E-state index in [2.05, 4.69) is 4.90 Å². The SMILES string of the molecule is CC(=O)C(C)N1C(=O)C2C(N=C3N(c4ccc(Oc5ccccc5)cc4)CCCCN32)N(C)C1=O.